The molecule has 3 aromatic rings. The van der Waals surface area contributed by atoms with Crippen LogP contribution in [0.15, 0.2) is 46.9 Å². The van der Waals surface area contributed by atoms with Gasteiger partial charge in [0.05, 0.1) is 17.6 Å². The predicted octanol–water partition coefficient (Wildman–Crippen LogP) is 6.18. The van der Waals surface area contributed by atoms with Gasteiger partial charge in [0, 0.05) is 52.3 Å². The van der Waals surface area contributed by atoms with Gasteiger partial charge in [0.15, 0.2) is 0 Å². The van der Waals surface area contributed by atoms with E-state index in [0.29, 0.717) is 32.9 Å². The smallest absolute Gasteiger partial charge is 0.303 e. The summed E-state index contributed by atoms with van der Waals surface area (Å²) in [5.74, 6) is -4.10. The number of hydrogen-bond donors (Lipinski definition) is 2. The zero-order chi connectivity index (χ0) is 26.0. The number of alkyl halides is 2. The van der Waals surface area contributed by atoms with E-state index < -0.39 is 24.3 Å². The summed E-state index contributed by atoms with van der Waals surface area (Å²) in [6, 6.07) is 12.4. The van der Waals surface area contributed by atoms with E-state index in [1.54, 1.807) is 37.3 Å². The molecule has 1 amide bonds. The Labute approximate surface area is 220 Å². The fourth-order valence-corrected chi connectivity index (χ4v) is 5.26. The summed E-state index contributed by atoms with van der Waals surface area (Å²) in [5.41, 5.74) is 2.13. The van der Waals surface area contributed by atoms with Crippen LogP contribution in [0.1, 0.15) is 46.7 Å². The van der Waals surface area contributed by atoms with Crippen molar-refractivity contribution >= 4 is 56.1 Å². The van der Waals surface area contributed by atoms with Gasteiger partial charge in [0.1, 0.15) is 5.82 Å². The molecule has 2 N–H and O–H groups in total. The van der Waals surface area contributed by atoms with Crippen LogP contribution in [0.4, 0.5) is 14.6 Å². The Morgan fingerprint density at radius 3 is 2.69 bits per heavy atom. The van der Waals surface area contributed by atoms with Crippen molar-refractivity contribution in [1.82, 2.24) is 10.3 Å². The lowest BCUT2D eigenvalue weighted by atomic mass is 9.93. The molecule has 0 bridgehead atoms. The first-order chi connectivity index (χ1) is 17.1. The molecule has 1 aliphatic rings. The van der Waals surface area contributed by atoms with Crippen molar-refractivity contribution in [1.29, 1.82) is 0 Å². The Morgan fingerprint density at radius 2 is 2.03 bits per heavy atom. The van der Waals surface area contributed by atoms with Gasteiger partial charge in [0.25, 0.3) is 11.8 Å². The number of nitrogens with one attached hydrogen (secondary N) is 1. The second-order valence-corrected chi connectivity index (χ2v) is 10.3. The number of carboxylic acids is 1. The molecule has 190 valence electrons. The molecule has 36 heavy (non-hydrogen) atoms. The fraction of sp³-hybridized carbons (Fsp3) is 0.346. The maximum absolute atomic E-state index is 14.0. The third kappa shape index (κ3) is 5.78. The molecule has 1 atom stereocenters. The molecule has 0 radical (unpaired) electrons. The maximum Gasteiger partial charge on any atom is 0.303 e. The van der Waals surface area contributed by atoms with Crippen LogP contribution < -0.4 is 10.2 Å². The lowest BCUT2D eigenvalue weighted by Crippen LogP contribution is -2.31. The van der Waals surface area contributed by atoms with E-state index in [9.17, 15) is 23.5 Å². The second-order valence-electron chi connectivity index (χ2n) is 8.99. The Kier molecular flexibility index (Phi) is 7.80. The summed E-state index contributed by atoms with van der Waals surface area (Å²) < 4.78 is 28.7. The summed E-state index contributed by atoms with van der Waals surface area (Å²) in [5, 5.41) is 13.2. The minimum Gasteiger partial charge on any atom is -0.481 e. The Bertz CT molecular complexity index is 1320. The molecule has 10 heteroatoms. The standard InChI is InChI=1S/C26H25BrClF2N3O3/c1-15-23(25(36)31-13-16(6-9-22(34)35)18-4-2-3-5-20(18)28)19-12-17(27)7-8-21(19)32-24(15)33-11-10-26(29,30)14-33/h2-5,7-8,12,16H,6,9-11,13-14H2,1H3,(H,31,36)(H,34,35). The number of carbonyl (C=O) groups is 2. The first kappa shape index (κ1) is 26.3. The van der Waals surface area contributed by atoms with Crippen molar-refractivity contribution < 1.29 is 23.5 Å². The minimum absolute atomic E-state index is 0.0801. The number of nitrogens with zero attached hydrogens (tertiary/aromatic N) is 2. The zero-order valence-corrected chi connectivity index (χ0v) is 21.9. The van der Waals surface area contributed by atoms with Crippen molar-refractivity contribution in [3.05, 3.63) is 68.7 Å². The van der Waals surface area contributed by atoms with E-state index in [1.807, 2.05) is 12.1 Å². The number of pyridine rings is 1. The van der Waals surface area contributed by atoms with Gasteiger partial charge in [-0.05, 0) is 43.2 Å². The molecule has 4 rings (SSSR count). The average molecular weight is 581 g/mol. The van der Waals surface area contributed by atoms with Gasteiger partial charge >= 0.3 is 5.97 Å². The number of hydrogen-bond acceptors (Lipinski definition) is 4. The van der Waals surface area contributed by atoms with Gasteiger partial charge in [-0.3, -0.25) is 9.59 Å². The third-order valence-corrected chi connectivity index (χ3v) is 7.26. The highest BCUT2D eigenvalue weighted by atomic mass is 79.9. The molecule has 1 saturated heterocycles. The van der Waals surface area contributed by atoms with Crippen LogP contribution in [-0.2, 0) is 4.79 Å². The molecule has 1 fully saturated rings. The SMILES string of the molecule is Cc1c(N2CCC(F)(F)C2)nc2ccc(Br)cc2c1C(=O)NCC(CCC(=O)O)c1ccccc1Cl. The molecule has 1 aliphatic heterocycles. The van der Waals surface area contributed by atoms with Gasteiger partial charge < -0.3 is 15.3 Å². The molecule has 2 aromatic carbocycles. The summed E-state index contributed by atoms with van der Waals surface area (Å²) in [7, 11) is 0. The van der Waals surface area contributed by atoms with Crippen LogP contribution in [0.5, 0.6) is 0 Å². The maximum atomic E-state index is 14.0. The highest BCUT2D eigenvalue weighted by Crippen LogP contribution is 2.36. The predicted molar refractivity (Wildman–Crippen MR) is 139 cm³/mol. The number of anilines is 1. The summed E-state index contributed by atoms with van der Waals surface area (Å²) in [6.45, 7) is 1.57. The molecule has 0 aliphatic carbocycles. The number of aliphatic carboxylic acids is 1. The van der Waals surface area contributed by atoms with Gasteiger partial charge in [0.2, 0.25) is 0 Å². The molecule has 1 unspecified atom stereocenters. The third-order valence-electron chi connectivity index (χ3n) is 6.42. The van der Waals surface area contributed by atoms with E-state index in [4.69, 9.17) is 11.6 Å². The average Bonchev–Trinajstić information content (AvgIpc) is 3.18. The first-order valence-electron chi connectivity index (χ1n) is 11.5. The molecule has 0 spiro atoms. The molecule has 2 heterocycles. The molecular weight excluding hydrogens is 556 g/mol. The molecular formula is C26H25BrClF2N3O3. The van der Waals surface area contributed by atoms with E-state index in [1.165, 1.54) is 4.90 Å². The molecule has 6 nitrogen and oxygen atoms in total. The number of rotatable bonds is 8. The van der Waals surface area contributed by atoms with Crippen LogP contribution >= 0.6 is 27.5 Å². The van der Waals surface area contributed by atoms with Crippen molar-refractivity contribution in [3.63, 3.8) is 0 Å². The fourth-order valence-electron chi connectivity index (χ4n) is 4.61. The van der Waals surface area contributed by atoms with Gasteiger partial charge in [-0.1, -0.05) is 45.7 Å². The quantitative estimate of drug-likeness (QED) is 0.332. The summed E-state index contributed by atoms with van der Waals surface area (Å²) in [6.07, 6.45) is -0.0601. The van der Waals surface area contributed by atoms with Gasteiger partial charge in [-0.15, -0.1) is 0 Å². The Balaban J connectivity index is 1.68. The second kappa shape index (κ2) is 10.7. The van der Waals surface area contributed by atoms with E-state index in [2.05, 4.69) is 26.2 Å². The number of benzene rings is 2. The van der Waals surface area contributed by atoms with Crippen LogP contribution in [0.25, 0.3) is 10.9 Å². The molecule has 1 aromatic heterocycles. The monoisotopic (exact) mass is 579 g/mol. The highest BCUT2D eigenvalue weighted by molar-refractivity contribution is 9.10. The highest BCUT2D eigenvalue weighted by Gasteiger charge is 2.39. The van der Waals surface area contributed by atoms with E-state index in [0.717, 1.165) is 10.0 Å². The van der Waals surface area contributed by atoms with Crippen molar-refractivity contribution in [2.45, 2.75) is 38.0 Å². The van der Waals surface area contributed by atoms with Crippen molar-refractivity contribution in [2.75, 3.05) is 24.5 Å². The number of carbonyl (C=O) groups excluding carboxylic acids is 1. The Morgan fingerprint density at radius 1 is 1.28 bits per heavy atom. The van der Waals surface area contributed by atoms with Gasteiger partial charge in [-0.25, -0.2) is 13.8 Å². The van der Waals surface area contributed by atoms with E-state index >= 15 is 0 Å². The topological polar surface area (TPSA) is 82.5 Å². The van der Waals surface area contributed by atoms with Crippen LogP contribution in [0.3, 0.4) is 0 Å². The van der Waals surface area contributed by atoms with Crippen LogP contribution in [0.2, 0.25) is 5.02 Å². The zero-order valence-electron chi connectivity index (χ0n) is 19.5. The van der Waals surface area contributed by atoms with Crippen molar-refractivity contribution in [3.8, 4) is 0 Å². The number of fused-ring (bicyclic) bond motifs is 1. The summed E-state index contributed by atoms with van der Waals surface area (Å²) in [4.78, 5) is 30.9. The van der Waals surface area contributed by atoms with Gasteiger partial charge in [-0.2, -0.15) is 0 Å². The van der Waals surface area contributed by atoms with Crippen LogP contribution in [0, 0.1) is 6.92 Å². The number of amides is 1. The lowest BCUT2D eigenvalue weighted by Gasteiger charge is -2.23. The first-order valence-corrected chi connectivity index (χ1v) is 12.7. The number of halogens is 4. The van der Waals surface area contributed by atoms with E-state index in [-0.39, 0.29) is 38.3 Å². The Hall–Kier alpha value is -2.78. The van der Waals surface area contributed by atoms with Crippen LogP contribution in [-0.4, -0.2) is 47.5 Å². The van der Waals surface area contributed by atoms with Crippen molar-refractivity contribution in [2.24, 2.45) is 0 Å². The molecule has 0 saturated carbocycles. The largest absolute Gasteiger partial charge is 0.481 e. The lowest BCUT2D eigenvalue weighted by molar-refractivity contribution is -0.137. The summed E-state index contributed by atoms with van der Waals surface area (Å²) >= 11 is 9.80. The number of aromatic nitrogens is 1. The normalized spacial score (nSPS) is 15.8. The minimum atomic E-state index is -2.81. The number of carboxylic acid groups (broad SMARTS) is 1.